The number of nitrogens with one attached hydrogen (secondary N) is 2. The molecule has 1 heterocycles. The number of aliphatic carboxylic acids is 1. The Balaban J connectivity index is 2.74. The van der Waals surface area contributed by atoms with Gasteiger partial charge in [-0.3, -0.25) is 0 Å². The number of rotatable bonds is 5. The predicted molar refractivity (Wildman–Crippen MR) is 80.3 cm³/mol. The van der Waals surface area contributed by atoms with Crippen LogP contribution in [0.15, 0.2) is 0 Å². The first-order chi connectivity index (χ1) is 10.0. The lowest BCUT2D eigenvalue weighted by molar-refractivity contribution is -0.146. The molecular formula is C13H25BN2O6. The molecule has 5 N–H and O–H groups in total. The summed E-state index contributed by atoms with van der Waals surface area (Å²) in [6, 6.07) is 0. The second-order valence-corrected chi connectivity index (χ2v) is 6.77. The fourth-order valence-electron chi connectivity index (χ4n) is 2.53. The van der Waals surface area contributed by atoms with Gasteiger partial charge in [0.25, 0.3) is 0 Å². The molecule has 1 rings (SSSR count). The summed E-state index contributed by atoms with van der Waals surface area (Å²) in [6.07, 6.45) is 0.0467. The van der Waals surface area contributed by atoms with E-state index in [2.05, 4.69) is 10.6 Å². The molecule has 0 aromatic rings. The first-order valence-electron chi connectivity index (χ1n) is 7.35. The van der Waals surface area contributed by atoms with Gasteiger partial charge in [-0.15, -0.1) is 0 Å². The molecule has 22 heavy (non-hydrogen) atoms. The van der Waals surface area contributed by atoms with Crippen LogP contribution in [0.1, 0.15) is 33.6 Å². The minimum Gasteiger partial charge on any atom is -0.479 e. The molecule has 0 radical (unpaired) electrons. The van der Waals surface area contributed by atoms with Gasteiger partial charge in [0.15, 0.2) is 5.54 Å². The molecule has 1 aliphatic heterocycles. The van der Waals surface area contributed by atoms with Gasteiger partial charge in [-0.25, -0.2) is 9.59 Å². The van der Waals surface area contributed by atoms with E-state index >= 15 is 0 Å². The average Bonchev–Trinajstić information content (AvgIpc) is 2.34. The molecule has 0 aromatic heterocycles. The van der Waals surface area contributed by atoms with Crippen LogP contribution in [0.5, 0.6) is 0 Å². The monoisotopic (exact) mass is 316 g/mol. The van der Waals surface area contributed by atoms with Gasteiger partial charge in [-0.2, -0.15) is 0 Å². The Kier molecular flexibility index (Phi) is 6.22. The van der Waals surface area contributed by atoms with E-state index in [1.54, 1.807) is 20.8 Å². The maximum atomic E-state index is 11.9. The highest BCUT2D eigenvalue weighted by Gasteiger charge is 2.45. The van der Waals surface area contributed by atoms with Crippen LogP contribution in [0.25, 0.3) is 0 Å². The van der Waals surface area contributed by atoms with Crippen LogP contribution in [0.2, 0.25) is 6.32 Å². The standard InChI is InChI=1S/C13H25BN2O6/c1-12(2,3)22-11(19)16-13(10(17)18)6-9(7-15-8-13)4-5-14(20)21/h9,15,20-21H,4-8H2,1-3H3,(H,16,19)(H,17,18)/t9-,13+/m0/s1. The molecule has 1 saturated heterocycles. The Morgan fingerprint density at radius 3 is 2.55 bits per heavy atom. The number of hydrogen-bond donors (Lipinski definition) is 5. The zero-order chi connectivity index (χ0) is 17.0. The number of amides is 1. The maximum Gasteiger partial charge on any atom is 0.451 e. The van der Waals surface area contributed by atoms with Gasteiger partial charge in [0.05, 0.1) is 0 Å². The molecule has 0 saturated carbocycles. The molecule has 1 amide bonds. The molecule has 9 heteroatoms. The van der Waals surface area contributed by atoms with Crippen molar-refractivity contribution in [3.63, 3.8) is 0 Å². The third-order valence-corrected chi connectivity index (χ3v) is 3.48. The zero-order valence-electron chi connectivity index (χ0n) is 13.3. The molecule has 1 aliphatic rings. The van der Waals surface area contributed by atoms with Gasteiger partial charge in [0.2, 0.25) is 0 Å². The smallest absolute Gasteiger partial charge is 0.451 e. The molecular weight excluding hydrogens is 291 g/mol. The minimum absolute atomic E-state index is 0.0819. The van der Waals surface area contributed by atoms with Gasteiger partial charge in [-0.1, -0.05) is 6.42 Å². The highest BCUT2D eigenvalue weighted by molar-refractivity contribution is 6.40. The van der Waals surface area contributed by atoms with Gasteiger partial charge < -0.3 is 30.5 Å². The van der Waals surface area contributed by atoms with Crippen molar-refractivity contribution in [2.45, 2.75) is 51.1 Å². The van der Waals surface area contributed by atoms with Crippen molar-refractivity contribution in [2.75, 3.05) is 13.1 Å². The maximum absolute atomic E-state index is 11.9. The SMILES string of the molecule is CC(C)(C)OC(=O)N[C@@]1(C(=O)O)CNC[C@@H](CCB(O)O)C1. The van der Waals surface area contributed by atoms with Crippen molar-refractivity contribution >= 4 is 19.2 Å². The topological polar surface area (TPSA) is 128 Å². The lowest BCUT2D eigenvalue weighted by Gasteiger charge is -2.39. The van der Waals surface area contributed by atoms with Gasteiger partial charge in [0, 0.05) is 6.54 Å². The Labute approximate surface area is 130 Å². The zero-order valence-corrected chi connectivity index (χ0v) is 13.3. The molecule has 0 bridgehead atoms. The summed E-state index contributed by atoms with van der Waals surface area (Å²) >= 11 is 0. The van der Waals surface area contributed by atoms with E-state index in [9.17, 15) is 14.7 Å². The quantitative estimate of drug-likeness (QED) is 0.445. The van der Waals surface area contributed by atoms with Crippen molar-refractivity contribution in [2.24, 2.45) is 5.92 Å². The number of piperidine rings is 1. The summed E-state index contributed by atoms with van der Waals surface area (Å²) in [5.41, 5.74) is -2.17. The van der Waals surface area contributed by atoms with Crippen LogP contribution in [0.4, 0.5) is 4.79 Å². The van der Waals surface area contributed by atoms with E-state index in [-0.39, 0.29) is 25.2 Å². The number of ether oxygens (including phenoxy) is 1. The summed E-state index contributed by atoms with van der Waals surface area (Å²) in [4.78, 5) is 23.6. The van der Waals surface area contributed by atoms with Crippen LogP contribution in [0.3, 0.4) is 0 Å². The number of carboxylic acid groups (broad SMARTS) is 1. The van der Waals surface area contributed by atoms with E-state index in [0.717, 1.165) is 0 Å². The third kappa shape index (κ3) is 5.82. The van der Waals surface area contributed by atoms with Crippen molar-refractivity contribution in [3.8, 4) is 0 Å². The van der Waals surface area contributed by atoms with Crippen LogP contribution in [-0.2, 0) is 9.53 Å². The van der Waals surface area contributed by atoms with E-state index in [1.165, 1.54) is 0 Å². The number of alkyl carbamates (subject to hydrolysis) is 1. The normalized spacial score (nSPS) is 25.4. The lowest BCUT2D eigenvalue weighted by Crippen LogP contribution is -2.64. The fraction of sp³-hybridized carbons (Fsp3) is 0.846. The fourth-order valence-corrected chi connectivity index (χ4v) is 2.53. The van der Waals surface area contributed by atoms with Gasteiger partial charge >= 0.3 is 19.2 Å². The second-order valence-electron chi connectivity index (χ2n) is 6.77. The molecule has 1 fully saturated rings. The summed E-state index contributed by atoms with van der Waals surface area (Å²) in [5.74, 6) is -1.22. The average molecular weight is 316 g/mol. The largest absolute Gasteiger partial charge is 0.479 e. The molecule has 0 spiro atoms. The van der Waals surface area contributed by atoms with Crippen molar-refractivity contribution in [1.82, 2.24) is 10.6 Å². The van der Waals surface area contributed by atoms with Crippen LogP contribution < -0.4 is 10.6 Å². The van der Waals surface area contributed by atoms with E-state index in [4.69, 9.17) is 14.8 Å². The second kappa shape index (κ2) is 7.30. The number of hydrogen-bond acceptors (Lipinski definition) is 6. The van der Waals surface area contributed by atoms with E-state index in [1.807, 2.05) is 0 Å². The Morgan fingerprint density at radius 2 is 2.05 bits per heavy atom. The molecule has 0 aliphatic carbocycles. The Morgan fingerprint density at radius 1 is 1.41 bits per heavy atom. The highest BCUT2D eigenvalue weighted by Crippen LogP contribution is 2.26. The summed E-state index contributed by atoms with van der Waals surface area (Å²) < 4.78 is 5.13. The molecule has 0 unspecified atom stereocenters. The van der Waals surface area contributed by atoms with Crippen molar-refractivity contribution in [1.29, 1.82) is 0 Å². The van der Waals surface area contributed by atoms with E-state index in [0.29, 0.717) is 13.0 Å². The Bertz CT molecular complexity index is 412. The molecule has 0 aromatic carbocycles. The molecule has 8 nitrogen and oxygen atoms in total. The Hall–Kier alpha value is -1.32. The van der Waals surface area contributed by atoms with Gasteiger partial charge in [0.1, 0.15) is 5.60 Å². The number of carbonyl (C=O) groups is 2. The minimum atomic E-state index is -1.45. The first kappa shape index (κ1) is 18.7. The first-order valence-corrected chi connectivity index (χ1v) is 7.35. The van der Waals surface area contributed by atoms with Crippen molar-refractivity contribution in [3.05, 3.63) is 0 Å². The van der Waals surface area contributed by atoms with Crippen LogP contribution in [-0.4, -0.2) is 58.6 Å². The lowest BCUT2D eigenvalue weighted by atomic mass is 9.75. The summed E-state index contributed by atoms with van der Waals surface area (Å²) in [5, 5.41) is 32.8. The summed E-state index contributed by atoms with van der Waals surface area (Å²) in [6.45, 7) is 5.76. The van der Waals surface area contributed by atoms with Crippen molar-refractivity contribution < 1.29 is 29.5 Å². The molecule has 2 atom stereocenters. The highest BCUT2D eigenvalue weighted by atomic mass is 16.6. The van der Waals surface area contributed by atoms with Gasteiger partial charge in [-0.05, 0) is 46.0 Å². The van der Waals surface area contributed by atoms with E-state index < -0.39 is 30.3 Å². The molecule has 126 valence electrons. The van der Waals surface area contributed by atoms with Crippen LogP contribution in [0, 0.1) is 5.92 Å². The summed E-state index contributed by atoms with van der Waals surface area (Å²) in [7, 11) is -1.42. The van der Waals surface area contributed by atoms with Crippen LogP contribution >= 0.6 is 0 Å². The third-order valence-electron chi connectivity index (χ3n) is 3.48. The number of carboxylic acids is 1. The predicted octanol–water partition coefficient (Wildman–Crippen LogP) is -0.193. The number of carbonyl (C=O) groups excluding carboxylic acids is 1.